The van der Waals surface area contributed by atoms with E-state index in [1.165, 1.54) is 30.3 Å². The second kappa shape index (κ2) is 13.6. The van der Waals surface area contributed by atoms with Crippen molar-refractivity contribution < 1.29 is 33.6 Å². The monoisotopic (exact) mass is 570 g/mol. The molecular formula is C27H30N4O8S. The normalized spacial score (nSPS) is 14.0. The maximum atomic E-state index is 12.9. The van der Waals surface area contributed by atoms with E-state index in [9.17, 15) is 29.3 Å². The van der Waals surface area contributed by atoms with Crippen LogP contribution in [0.15, 0.2) is 47.4 Å². The summed E-state index contributed by atoms with van der Waals surface area (Å²) in [5.41, 5.74) is 1.33. The number of hydrogen-bond donors (Lipinski definition) is 1. The molecule has 2 aromatic rings. The van der Waals surface area contributed by atoms with Gasteiger partial charge in [-0.05, 0) is 63.7 Å². The standard InChI is InChI=1S/C27H30N4O8S/c1-5-29(6-2)20-11-10-18(12-23-26(34)30(27(35)40-23)15-25(33)39-17(3)4)22(14-20)38-16-24(32)28-19-8-7-9-21(13-19)31(36)37/h7-14,17H,5-6,15-16H2,1-4H3,(H,28,32)/b23-12+. The molecule has 13 heteroatoms. The molecule has 12 nitrogen and oxygen atoms in total. The fraction of sp³-hybridized carbons (Fsp3) is 0.333. The number of benzene rings is 2. The molecule has 0 radical (unpaired) electrons. The van der Waals surface area contributed by atoms with Crippen molar-refractivity contribution >= 4 is 57.9 Å². The van der Waals surface area contributed by atoms with Crippen molar-refractivity contribution in [2.75, 3.05) is 36.5 Å². The van der Waals surface area contributed by atoms with Gasteiger partial charge in [0.1, 0.15) is 12.3 Å². The van der Waals surface area contributed by atoms with Crippen LogP contribution in [0.5, 0.6) is 5.75 Å². The van der Waals surface area contributed by atoms with Gasteiger partial charge in [-0.2, -0.15) is 0 Å². The van der Waals surface area contributed by atoms with Crippen LogP contribution < -0.4 is 15.0 Å². The molecular weight excluding hydrogens is 540 g/mol. The second-order valence-electron chi connectivity index (χ2n) is 8.85. The molecule has 0 bridgehead atoms. The molecule has 0 aliphatic carbocycles. The first-order valence-electron chi connectivity index (χ1n) is 12.5. The number of anilines is 2. The van der Waals surface area contributed by atoms with E-state index in [4.69, 9.17) is 9.47 Å². The predicted molar refractivity (Wildman–Crippen MR) is 151 cm³/mol. The number of non-ortho nitro benzene ring substituents is 1. The fourth-order valence-corrected chi connectivity index (χ4v) is 4.63. The second-order valence-corrected chi connectivity index (χ2v) is 9.84. The van der Waals surface area contributed by atoms with Crippen LogP contribution in [0.2, 0.25) is 0 Å². The van der Waals surface area contributed by atoms with E-state index >= 15 is 0 Å². The van der Waals surface area contributed by atoms with E-state index in [1.54, 1.807) is 26.0 Å². The van der Waals surface area contributed by atoms with Crippen LogP contribution in [0.25, 0.3) is 6.08 Å². The van der Waals surface area contributed by atoms with Crippen molar-refractivity contribution in [1.29, 1.82) is 0 Å². The molecule has 1 saturated heterocycles. The number of carbonyl (C=O) groups excluding carboxylic acids is 4. The molecule has 0 aromatic heterocycles. The third-order valence-corrected chi connectivity index (χ3v) is 6.55. The summed E-state index contributed by atoms with van der Waals surface area (Å²) in [5, 5.41) is 13.0. The molecule has 0 saturated carbocycles. The minimum absolute atomic E-state index is 0.0869. The minimum atomic E-state index is -0.694. The van der Waals surface area contributed by atoms with Gasteiger partial charge < -0.3 is 19.7 Å². The van der Waals surface area contributed by atoms with E-state index < -0.39 is 41.1 Å². The molecule has 0 unspecified atom stereocenters. The van der Waals surface area contributed by atoms with Crippen LogP contribution in [-0.4, -0.2) is 65.2 Å². The number of nitro groups is 1. The third-order valence-electron chi connectivity index (χ3n) is 5.64. The highest BCUT2D eigenvalue weighted by Gasteiger charge is 2.37. The average molecular weight is 571 g/mol. The van der Waals surface area contributed by atoms with Crippen molar-refractivity contribution in [2.24, 2.45) is 0 Å². The van der Waals surface area contributed by atoms with Crippen LogP contribution >= 0.6 is 11.8 Å². The van der Waals surface area contributed by atoms with Crippen molar-refractivity contribution in [3.05, 3.63) is 63.0 Å². The number of nitrogens with zero attached hydrogens (tertiary/aromatic N) is 3. The molecule has 40 heavy (non-hydrogen) atoms. The molecule has 2 aromatic carbocycles. The molecule has 3 rings (SSSR count). The van der Waals surface area contributed by atoms with Crippen LogP contribution in [0.4, 0.5) is 21.9 Å². The zero-order valence-electron chi connectivity index (χ0n) is 22.5. The Labute approximate surface area is 235 Å². The number of thioether (sulfide) groups is 1. The van der Waals surface area contributed by atoms with Crippen molar-refractivity contribution in [2.45, 2.75) is 33.8 Å². The Morgan fingerprint density at radius 1 is 1.15 bits per heavy atom. The van der Waals surface area contributed by atoms with Gasteiger partial charge in [-0.3, -0.25) is 34.2 Å². The number of nitro benzene ring substituents is 1. The highest BCUT2D eigenvalue weighted by molar-refractivity contribution is 8.18. The lowest BCUT2D eigenvalue weighted by Crippen LogP contribution is -2.35. The smallest absolute Gasteiger partial charge is 0.326 e. The van der Waals surface area contributed by atoms with Gasteiger partial charge in [-0.15, -0.1) is 0 Å². The summed E-state index contributed by atoms with van der Waals surface area (Å²) in [7, 11) is 0. The number of amides is 3. The van der Waals surface area contributed by atoms with Gasteiger partial charge in [0.2, 0.25) is 0 Å². The predicted octanol–water partition coefficient (Wildman–Crippen LogP) is 4.45. The fourth-order valence-electron chi connectivity index (χ4n) is 3.80. The van der Waals surface area contributed by atoms with Gasteiger partial charge in [-0.25, -0.2) is 0 Å². The Hall–Kier alpha value is -4.39. The van der Waals surface area contributed by atoms with Crippen molar-refractivity contribution in [1.82, 2.24) is 4.90 Å². The van der Waals surface area contributed by atoms with Crippen LogP contribution in [0, 0.1) is 10.1 Å². The zero-order valence-corrected chi connectivity index (χ0v) is 23.4. The maximum absolute atomic E-state index is 12.9. The Kier molecular flexibility index (Phi) is 10.3. The van der Waals surface area contributed by atoms with Gasteiger partial charge in [0, 0.05) is 48.2 Å². The molecule has 1 fully saturated rings. The van der Waals surface area contributed by atoms with Crippen LogP contribution in [0.3, 0.4) is 0 Å². The number of carbonyl (C=O) groups is 4. The Bertz CT molecular complexity index is 1340. The summed E-state index contributed by atoms with van der Waals surface area (Å²) < 4.78 is 10.9. The molecule has 1 aliphatic rings. The summed E-state index contributed by atoms with van der Waals surface area (Å²) in [6.45, 7) is 7.82. The van der Waals surface area contributed by atoms with Crippen LogP contribution in [-0.2, 0) is 19.1 Å². The van der Waals surface area contributed by atoms with Gasteiger partial charge in [0.25, 0.3) is 22.7 Å². The first kappa shape index (κ1) is 30.2. The Balaban J connectivity index is 1.83. The van der Waals surface area contributed by atoms with Gasteiger partial charge in [0.05, 0.1) is 15.9 Å². The van der Waals surface area contributed by atoms with Crippen molar-refractivity contribution in [3.8, 4) is 5.75 Å². The molecule has 0 spiro atoms. The SMILES string of the molecule is CCN(CC)c1ccc(/C=C2/SC(=O)N(CC(=O)OC(C)C)C2=O)c(OCC(=O)Nc2cccc([N+](=O)[O-])c2)c1. The number of imide groups is 1. The molecule has 1 N–H and O–H groups in total. The Morgan fingerprint density at radius 3 is 2.52 bits per heavy atom. The summed E-state index contributed by atoms with van der Waals surface area (Å²) >= 11 is 0.686. The number of nitrogens with one attached hydrogen (secondary N) is 1. The molecule has 1 aliphatic heterocycles. The first-order chi connectivity index (χ1) is 19.0. The molecule has 3 amide bonds. The Morgan fingerprint density at radius 2 is 1.88 bits per heavy atom. The van der Waals surface area contributed by atoms with E-state index in [0.717, 1.165) is 10.6 Å². The van der Waals surface area contributed by atoms with E-state index in [0.29, 0.717) is 30.4 Å². The highest BCUT2D eigenvalue weighted by Crippen LogP contribution is 2.35. The molecule has 212 valence electrons. The highest BCUT2D eigenvalue weighted by atomic mass is 32.2. The number of hydrogen-bond acceptors (Lipinski definition) is 10. The average Bonchev–Trinajstić information content (AvgIpc) is 3.16. The summed E-state index contributed by atoms with van der Waals surface area (Å²) in [6, 6.07) is 10.8. The molecule has 1 heterocycles. The lowest BCUT2D eigenvalue weighted by atomic mass is 10.1. The topological polar surface area (TPSA) is 148 Å². The summed E-state index contributed by atoms with van der Waals surface area (Å²) in [6.07, 6.45) is 1.08. The van der Waals surface area contributed by atoms with E-state index in [1.807, 2.05) is 19.9 Å². The van der Waals surface area contributed by atoms with E-state index in [-0.39, 0.29) is 28.1 Å². The minimum Gasteiger partial charge on any atom is -0.483 e. The quantitative estimate of drug-likeness (QED) is 0.168. The number of rotatable bonds is 12. The van der Waals surface area contributed by atoms with Crippen molar-refractivity contribution in [3.63, 3.8) is 0 Å². The van der Waals surface area contributed by atoms with Gasteiger partial charge >= 0.3 is 5.97 Å². The summed E-state index contributed by atoms with van der Waals surface area (Å²) in [4.78, 5) is 63.4. The number of esters is 1. The largest absolute Gasteiger partial charge is 0.483 e. The summed E-state index contributed by atoms with van der Waals surface area (Å²) in [5.74, 6) is -1.60. The zero-order chi connectivity index (χ0) is 29.4. The van der Waals surface area contributed by atoms with Gasteiger partial charge in [-0.1, -0.05) is 6.07 Å². The lowest BCUT2D eigenvalue weighted by Gasteiger charge is -2.22. The lowest BCUT2D eigenvalue weighted by molar-refractivity contribution is -0.384. The maximum Gasteiger partial charge on any atom is 0.326 e. The first-order valence-corrected chi connectivity index (χ1v) is 13.3. The third kappa shape index (κ3) is 7.82. The van der Waals surface area contributed by atoms with E-state index in [2.05, 4.69) is 10.2 Å². The molecule has 0 atom stereocenters. The van der Waals surface area contributed by atoms with Gasteiger partial charge in [0.15, 0.2) is 6.61 Å². The number of ether oxygens (including phenoxy) is 2. The van der Waals surface area contributed by atoms with Crippen LogP contribution in [0.1, 0.15) is 33.3 Å².